The second-order valence-corrected chi connectivity index (χ2v) is 5.10. The monoisotopic (exact) mass is 320 g/mol. The molecule has 98 valence electrons. The van der Waals surface area contributed by atoms with Crippen LogP contribution < -0.4 is 5.73 Å². The maximum Gasteiger partial charge on any atom is 0.192 e. The second-order valence-electron chi connectivity index (χ2n) is 4.35. The van der Waals surface area contributed by atoms with Crippen molar-refractivity contribution in [2.75, 3.05) is 0 Å². The quantitative estimate of drug-likeness (QED) is 0.788. The number of rotatable bonds is 2. The number of halogens is 1. The molecule has 3 aromatic rings. The summed E-state index contributed by atoms with van der Waals surface area (Å²) in [5, 5.41) is 0. The van der Waals surface area contributed by atoms with Crippen LogP contribution in [0.2, 0.25) is 0 Å². The van der Waals surface area contributed by atoms with Gasteiger partial charge in [-0.25, -0.2) is 9.97 Å². The Bertz CT molecular complexity index is 759. The van der Waals surface area contributed by atoms with Crippen molar-refractivity contribution >= 4 is 27.0 Å². The van der Waals surface area contributed by atoms with E-state index >= 15 is 0 Å². The zero-order chi connectivity index (χ0) is 13.6. The average Bonchev–Trinajstić information content (AvgIpc) is 2.90. The molecule has 6 heteroatoms. The molecule has 0 atom stereocenters. The highest BCUT2D eigenvalue weighted by atomic mass is 79.9. The van der Waals surface area contributed by atoms with Gasteiger partial charge in [0.25, 0.3) is 0 Å². The van der Waals surface area contributed by atoms with Crippen LogP contribution in [0.15, 0.2) is 27.2 Å². The van der Waals surface area contributed by atoms with Crippen molar-refractivity contribution in [1.82, 2.24) is 14.5 Å². The van der Waals surface area contributed by atoms with Gasteiger partial charge in [0.1, 0.15) is 21.6 Å². The number of fused-ring (bicyclic) bond motifs is 1. The summed E-state index contributed by atoms with van der Waals surface area (Å²) < 4.78 is 8.39. The van der Waals surface area contributed by atoms with Crippen LogP contribution in [0, 0.1) is 6.92 Å². The molecule has 0 saturated carbocycles. The fourth-order valence-corrected chi connectivity index (χ4v) is 2.60. The Balaban J connectivity index is 2.18. The molecule has 0 spiro atoms. The molecule has 0 radical (unpaired) electrons. The van der Waals surface area contributed by atoms with Crippen LogP contribution in [-0.2, 0) is 13.6 Å². The first-order valence-electron chi connectivity index (χ1n) is 5.89. The molecule has 2 N–H and O–H groups in total. The topological polar surface area (TPSA) is 69.9 Å². The molecule has 0 amide bonds. The summed E-state index contributed by atoms with van der Waals surface area (Å²) in [6.07, 6.45) is 0. The second kappa shape index (κ2) is 4.47. The lowest BCUT2D eigenvalue weighted by atomic mass is 10.1. The fraction of sp³-hybridized carbons (Fsp3) is 0.231. The molecule has 0 aliphatic carbocycles. The summed E-state index contributed by atoms with van der Waals surface area (Å²) in [5.74, 6) is 1.49. The molecule has 1 aromatic carbocycles. The van der Waals surface area contributed by atoms with Crippen LogP contribution >= 0.6 is 15.9 Å². The summed E-state index contributed by atoms with van der Waals surface area (Å²) in [5.41, 5.74) is 9.13. The van der Waals surface area contributed by atoms with Crippen LogP contribution in [-0.4, -0.2) is 14.5 Å². The molecule has 5 nitrogen and oxygen atoms in total. The number of oxazole rings is 1. The van der Waals surface area contributed by atoms with Gasteiger partial charge in [-0.15, -0.1) is 0 Å². The highest BCUT2D eigenvalue weighted by molar-refractivity contribution is 9.10. The molecular weight excluding hydrogens is 308 g/mol. The van der Waals surface area contributed by atoms with E-state index in [1.165, 1.54) is 0 Å². The van der Waals surface area contributed by atoms with Crippen molar-refractivity contribution in [2.24, 2.45) is 12.8 Å². The molecular formula is C13H13BrN4O. The van der Waals surface area contributed by atoms with Crippen molar-refractivity contribution in [3.63, 3.8) is 0 Å². The molecule has 0 bridgehead atoms. The van der Waals surface area contributed by atoms with E-state index in [2.05, 4.69) is 25.9 Å². The van der Waals surface area contributed by atoms with Crippen LogP contribution in [0.4, 0.5) is 0 Å². The molecule has 3 rings (SSSR count). The third kappa shape index (κ3) is 1.97. The smallest absolute Gasteiger partial charge is 0.192 e. The van der Waals surface area contributed by atoms with E-state index < -0.39 is 0 Å². The Morgan fingerprint density at radius 2 is 2.16 bits per heavy atom. The van der Waals surface area contributed by atoms with Gasteiger partial charge in [0.15, 0.2) is 11.5 Å². The molecule has 19 heavy (non-hydrogen) atoms. The van der Waals surface area contributed by atoms with Gasteiger partial charge in [-0.05, 0) is 28.1 Å². The summed E-state index contributed by atoms with van der Waals surface area (Å²) >= 11 is 3.55. The Morgan fingerprint density at radius 1 is 1.37 bits per heavy atom. The molecule has 0 aliphatic rings. The van der Waals surface area contributed by atoms with Gasteiger partial charge in [-0.3, -0.25) is 0 Å². The van der Waals surface area contributed by atoms with Crippen molar-refractivity contribution < 1.29 is 4.42 Å². The number of aromatic nitrogens is 3. The van der Waals surface area contributed by atoms with E-state index in [1.54, 1.807) is 0 Å². The minimum Gasteiger partial charge on any atom is -0.441 e. The highest BCUT2D eigenvalue weighted by Crippen LogP contribution is 2.30. The van der Waals surface area contributed by atoms with Gasteiger partial charge < -0.3 is 14.7 Å². The molecule has 2 heterocycles. The summed E-state index contributed by atoms with van der Waals surface area (Å²) in [6, 6.07) is 5.87. The summed E-state index contributed by atoms with van der Waals surface area (Å²) in [6.45, 7) is 2.24. The van der Waals surface area contributed by atoms with E-state index in [9.17, 15) is 0 Å². The standard InChI is InChI=1S/C13H13BrN4O/c1-7-16-9-4-3-8(5-10(9)19-7)12-13(14)18(2)11(6-15)17-12/h3-5H,6,15H2,1-2H3. The van der Waals surface area contributed by atoms with E-state index in [0.29, 0.717) is 12.4 Å². The molecule has 2 aromatic heterocycles. The lowest BCUT2D eigenvalue weighted by molar-refractivity contribution is 0.561. The van der Waals surface area contributed by atoms with Crippen molar-refractivity contribution in [3.05, 3.63) is 34.5 Å². The number of imidazole rings is 1. The number of benzene rings is 1. The Kier molecular flexibility index (Phi) is 2.91. The zero-order valence-electron chi connectivity index (χ0n) is 10.6. The first kappa shape index (κ1) is 12.4. The van der Waals surface area contributed by atoms with Gasteiger partial charge >= 0.3 is 0 Å². The summed E-state index contributed by atoms with van der Waals surface area (Å²) in [4.78, 5) is 8.83. The summed E-state index contributed by atoms with van der Waals surface area (Å²) in [7, 11) is 1.93. The minimum absolute atomic E-state index is 0.402. The number of aryl methyl sites for hydroxylation is 1. The molecule has 0 aliphatic heterocycles. The fourth-order valence-electron chi connectivity index (χ4n) is 2.08. The average molecular weight is 321 g/mol. The first-order valence-corrected chi connectivity index (χ1v) is 6.68. The van der Waals surface area contributed by atoms with Crippen LogP contribution in [0.5, 0.6) is 0 Å². The maximum absolute atomic E-state index is 5.67. The lowest BCUT2D eigenvalue weighted by Gasteiger charge is -1.99. The van der Waals surface area contributed by atoms with Gasteiger partial charge in [-0.1, -0.05) is 6.07 Å². The predicted molar refractivity (Wildman–Crippen MR) is 76.5 cm³/mol. The number of nitrogens with zero attached hydrogens (tertiary/aromatic N) is 3. The zero-order valence-corrected chi connectivity index (χ0v) is 12.2. The Hall–Kier alpha value is -1.66. The Morgan fingerprint density at radius 3 is 2.84 bits per heavy atom. The van der Waals surface area contributed by atoms with E-state index in [1.807, 2.05) is 36.7 Å². The van der Waals surface area contributed by atoms with Crippen molar-refractivity contribution in [2.45, 2.75) is 13.5 Å². The third-order valence-corrected chi connectivity index (χ3v) is 3.98. The molecule has 0 saturated heterocycles. The molecule has 0 unspecified atom stereocenters. The van der Waals surface area contributed by atoms with Gasteiger partial charge in [0.2, 0.25) is 0 Å². The Labute approximate surface area is 118 Å². The molecule has 0 fully saturated rings. The highest BCUT2D eigenvalue weighted by Gasteiger charge is 2.14. The van der Waals surface area contributed by atoms with Gasteiger partial charge in [0, 0.05) is 19.5 Å². The number of hydrogen-bond acceptors (Lipinski definition) is 4. The van der Waals surface area contributed by atoms with E-state index in [4.69, 9.17) is 10.2 Å². The maximum atomic E-state index is 5.67. The third-order valence-electron chi connectivity index (χ3n) is 3.07. The van der Waals surface area contributed by atoms with Crippen LogP contribution in [0.3, 0.4) is 0 Å². The van der Waals surface area contributed by atoms with Crippen molar-refractivity contribution in [1.29, 1.82) is 0 Å². The normalized spacial score (nSPS) is 11.4. The lowest BCUT2D eigenvalue weighted by Crippen LogP contribution is -2.04. The largest absolute Gasteiger partial charge is 0.441 e. The van der Waals surface area contributed by atoms with Crippen LogP contribution in [0.25, 0.3) is 22.4 Å². The van der Waals surface area contributed by atoms with E-state index in [0.717, 1.165) is 32.8 Å². The van der Waals surface area contributed by atoms with E-state index in [-0.39, 0.29) is 0 Å². The number of nitrogens with two attached hydrogens (primary N) is 1. The first-order chi connectivity index (χ1) is 9.10. The predicted octanol–water partition coefficient (Wildman–Crippen LogP) is 2.76. The van der Waals surface area contributed by atoms with Crippen molar-refractivity contribution in [3.8, 4) is 11.3 Å². The van der Waals surface area contributed by atoms with Gasteiger partial charge in [-0.2, -0.15) is 0 Å². The van der Waals surface area contributed by atoms with Crippen LogP contribution in [0.1, 0.15) is 11.7 Å². The SMILES string of the molecule is Cc1nc2ccc(-c3nc(CN)n(C)c3Br)cc2o1. The van der Waals surface area contributed by atoms with Gasteiger partial charge in [0.05, 0.1) is 6.54 Å². The number of hydrogen-bond donors (Lipinski definition) is 1. The minimum atomic E-state index is 0.402.